The third kappa shape index (κ3) is 4.51. The van der Waals surface area contributed by atoms with Crippen molar-refractivity contribution in [3.05, 3.63) is 59.4 Å². The van der Waals surface area contributed by atoms with Crippen molar-refractivity contribution in [1.82, 2.24) is 9.21 Å². The van der Waals surface area contributed by atoms with Crippen LogP contribution in [0.25, 0.3) is 0 Å². The van der Waals surface area contributed by atoms with Crippen LogP contribution in [0.5, 0.6) is 5.75 Å². The summed E-state index contributed by atoms with van der Waals surface area (Å²) in [5, 5.41) is 0. The van der Waals surface area contributed by atoms with Gasteiger partial charge < -0.3 is 9.64 Å². The molecule has 0 N–H and O–H groups in total. The predicted octanol–water partition coefficient (Wildman–Crippen LogP) is 2.35. The first-order valence-electron chi connectivity index (χ1n) is 9.01. The fourth-order valence-corrected chi connectivity index (χ4v) is 4.71. The van der Waals surface area contributed by atoms with Crippen LogP contribution in [0.15, 0.2) is 47.4 Å². The third-order valence-corrected chi connectivity index (χ3v) is 6.54. The summed E-state index contributed by atoms with van der Waals surface area (Å²) < 4.78 is 45.9. The number of rotatable bonds is 5. The Morgan fingerprint density at radius 3 is 2.25 bits per heavy atom. The number of amides is 1. The molecule has 1 aliphatic rings. The van der Waals surface area contributed by atoms with Gasteiger partial charge in [-0.15, -0.1) is 0 Å². The summed E-state index contributed by atoms with van der Waals surface area (Å²) in [7, 11) is -3.92. The average molecular weight is 406 g/mol. The molecule has 1 aliphatic heterocycles. The molecule has 28 heavy (non-hydrogen) atoms. The van der Waals surface area contributed by atoms with Crippen molar-refractivity contribution in [3.63, 3.8) is 0 Å². The van der Waals surface area contributed by atoms with E-state index >= 15 is 0 Å². The highest BCUT2D eigenvalue weighted by atomic mass is 32.2. The number of piperazine rings is 1. The van der Waals surface area contributed by atoms with Crippen LogP contribution in [-0.2, 0) is 14.8 Å². The van der Waals surface area contributed by atoms with E-state index in [1.807, 2.05) is 32.0 Å². The summed E-state index contributed by atoms with van der Waals surface area (Å²) in [5.41, 5.74) is 2.10. The molecule has 6 nitrogen and oxygen atoms in total. The molecule has 0 bridgehead atoms. The number of nitrogens with zero attached hydrogens (tertiary/aromatic N) is 2. The molecule has 0 atom stereocenters. The van der Waals surface area contributed by atoms with E-state index in [0.717, 1.165) is 17.2 Å². The van der Waals surface area contributed by atoms with Gasteiger partial charge >= 0.3 is 0 Å². The largest absolute Gasteiger partial charge is 0.484 e. The van der Waals surface area contributed by atoms with Crippen molar-refractivity contribution >= 4 is 15.9 Å². The molecule has 0 aliphatic carbocycles. The first-order chi connectivity index (χ1) is 13.3. The molecule has 3 rings (SSSR count). The van der Waals surface area contributed by atoms with E-state index in [1.165, 1.54) is 22.5 Å². The maximum atomic E-state index is 13.9. The molecule has 1 fully saturated rings. The minimum Gasteiger partial charge on any atom is -0.484 e. The van der Waals surface area contributed by atoms with Gasteiger partial charge in [0.25, 0.3) is 5.91 Å². The van der Waals surface area contributed by atoms with Gasteiger partial charge in [-0.05, 0) is 49.2 Å². The number of benzene rings is 2. The number of ether oxygens (including phenoxy) is 1. The fourth-order valence-electron chi connectivity index (χ4n) is 3.22. The number of hydrogen-bond acceptors (Lipinski definition) is 4. The standard InChI is InChI=1S/C20H23FN2O4S/c1-15-11-16(2)13-17(12-15)27-14-20(24)22-7-9-23(10-8-22)28(25,26)19-6-4-3-5-18(19)21/h3-6,11-13H,7-10,14H2,1-2H3. The van der Waals surface area contributed by atoms with Gasteiger partial charge in [-0.3, -0.25) is 4.79 Å². The van der Waals surface area contributed by atoms with E-state index in [0.29, 0.717) is 5.75 Å². The molecule has 8 heteroatoms. The zero-order chi connectivity index (χ0) is 20.3. The Hall–Kier alpha value is -2.45. The third-order valence-electron chi connectivity index (χ3n) is 4.60. The minimum absolute atomic E-state index is 0.108. The molecule has 0 radical (unpaired) electrons. The van der Waals surface area contributed by atoms with Crippen LogP contribution in [-0.4, -0.2) is 56.3 Å². The van der Waals surface area contributed by atoms with Crippen molar-refractivity contribution in [3.8, 4) is 5.75 Å². The molecule has 2 aromatic carbocycles. The molecule has 1 amide bonds. The van der Waals surface area contributed by atoms with Gasteiger partial charge in [0, 0.05) is 26.2 Å². The summed E-state index contributed by atoms with van der Waals surface area (Å²) in [6, 6.07) is 11.0. The van der Waals surface area contributed by atoms with Crippen LogP contribution in [0.1, 0.15) is 11.1 Å². The molecule has 0 aromatic heterocycles. The lowest BCUT2D eigenvalue weighted by atomic mass is 10.1. The van der Waals surface area contributed by atoms with Crippen LogP contribution in [0, 0.1) is 19.7 Å². The van der Waals surface area contributed by atoms with Crippen LogP contribution in [0.4, 0.5) is 4.39 Å². The van der Waals surface area contributed by atoms with E-state index in [2.05, 4.69) is 0 Å². The zero-order valence-corrected chi connectivity index (χ0v) is 16.7. The van der Waals surface area contributed by atoms with Gasteiger partial charge in [0.2, 0.25) is 10.0 Å². The molecule has 150 valence electrons. The quantitative estimate of drug-likeness (QED) is 0.765. The SMILES string of the molecule is Cc1cc(C)cc(OCC(=O)N2CCN(S(=O)(=O)c3ccccc3F)CC2)c1. The summed E-state index contributed by atoms with van der Waals surface area (Å²) >= 11 is 0. The first kappa shape index (κ1) is 20.3. The lowest BCUT2D eigenvalue weighted by Gasteiger charge is -2.34. The maximum Gasteiger partial charge on any atom is 0.260 e. The number of hydrogen-bond donors (Lipinski definition) is 0. The van der Waals surface area contributed by atoms with Crippen molar-refractivity contribution in [2.24, 2.45) is 0 Å². The Labute approximate surface area is 164 Å². The number of halogens is 1. The second kappa shape index (κ2) is 8.28. The molecule has 1 heterocycles. The second-order valence-corrected chi connectivity index (χ2v) is 8.73. The minimum atomic E-state index is -3.92. The highest BCUT2D eigenvalue weighted by molar-refractivity contribution is 7.89. The highest BCUT2D eigenvalue weighted by Gasteiger charge is 2.31. The zero-order valence-electron chi connectivity index (χ0n) is 15.9. The summed E-state index contributed by atoms with van der Waals surface area (Å²) in [4.78, 5) is 13.6. The lowest BCUT2D eigenvalue weighted by molar-refractivity contribution is -0.134. The maximum absolute atomic E-state index is 13.9. The normalized spacial score (nSPS) is 15.5. The van der Waals surface area contributed by atoms with Crippen LogP contribution < -0.4 is 4.74 Å². The van der Waals surface area contributed by atoms with Gasteiger partial charge in [0.15, 0.2) is 6.61 Å². The summed E-state index contributed by atoms with van der Waals surface area (Å²) in [6.07, 6.45) is 0. The average Bonchev–Trinajstić information content (AvgIpc) is 2.65. The monoisotopic (exact) mass is 406 g/mol. The Kier molecular flexibility index (Phi) is 6.00. The van der Waals surface area contributed by atoms with Crippen LogP contribution >= 0.6 is 0 Å². The number of sulfonamides is 1. The second-order valence-electron chi connectivity index (χ2n) is 6.83. The Balaban J connectivity index is 1.57. The Morgan fingerprint density at radius 2 is 1.64 bits per heavy atom. The fraction of sp³-hybridized carbons (Fsp3) is 0.350. The number of carbonyl (C=O) groups excluding carboxylic acids is 1. The summed E-state index contributed by atoms with van der Waals surface area (Å²) in [5.74, 6) is -0.350. The van der Waals surface area contributed by atoms with E-state index in [4.69, 9.17) is 4.74 Å². The van der Waals surface area contributed by atoms with E-state index in [-0.39, 0.29) is 43.6 Å². The van der Waals surface area contributed by atoms with Gasteiger partial charge in [0.05, 0.1) is 0 Å². The Morgan fingerprint density at radius 1 is 1.04 bits per heavy atom. The van der Waals surface area contributed by atoms with Crippen molar-refractivity contribution in [2.75, 3.05) is 32.8 Å². The lowest BCUT2D eigenvalue weighted by Crippen LogP contribution is -2.51. The van der Waals surface area contributed by atoms with Gasteiger partial charge in [0.1, 0.15) is 16.5 Å². The van der Waals surface area contributed by atoms with Crippen molar-refractivity contribution in [1.29, 1.82) is 0 Å². The molecule has 2 aromatic rings. The molecule has 0 saturated carbocycles. The molecular formula is C20H23FN2O4S. The predicted molar refractivity (Wildman–Crippen MR) is 103 cm³/mol. The number of aryl methyl sites for hydroxylation is 2. The first-order valence-corrected chi connectivity index (χ1v) is 10.4. The number of carbonyl (C=O) groups is 1. The van der Waals surface area contributed by atoms with Gasteiger partial charge in [-0.1, -0.05) is 18.2 Å². The molecule has 0 spiro atoms. The van der Waals surface area contributed by atoms with Crippen molar-refractivity contribution < 1.29 is 22.3 Å². The van der Waals surface area contributed by atoms with Crippen LogP contribution in [0.2, 0.25) is 0 Å². The smallest absolute Gasteiger partial charge is 0.260 e. The molecular weight excluding hydrogens is 383 g/mol. The van der Waals surface area contributed by atoms with E-state index in [9.17, 15) is 17.6 Å². The molecule has 1 saturated heterocycles. The van der Waals surface area contributed by atoms with Gasteiger partial charge in [-0.2, -0.15) is 4.31 Å². The van der Waals surface area contributed by atoms with E-state index in [1.54, 1.807) is 4.90 Å². The molecule has 0 unspecified atom stereocenters. The summed E-state index contributed by atoms with van der Waals surface area (Å²) in [6.45, 7) is 4.51. The van der Waals surface area contributed by atoms with E-state index < -0.39 is 15.8 Å². The van der Waals surface area contributed by atoms with Crippen LogP contribution in [0.3, 0.4) is 0 Å². The highest BCUT2D eigenvalue weighted by Crippen LogP contribution is 2.21. The topological polar surface area (TPSA) is 66.9 Å². The van der Waals surface area contributed by atoms with Gasteiger partial charge in [-0.25, -0.2) is 12.8 Å². The Bertz CT molecular complexity index is 950. The van der Waals surface area contributed by atoms with Crippen molar-refractivity contribution in [2.45, 2.75) is 18.7 Å².